The highest BCUT2D eigenvalue weighted by molar-refractivity contribution is 6.73. The summed E-state index contributed by atoms with van der Waals surface area (Å²) in [5.41, 5.74) is 0.489. The van der Waals surface area contributed by atoms with Gasteiger partial charge in [-0.3, -0.25) is 0 Å². The van der Waals surface area contributed by atoms with E-state index in [4.69, 9.17) is 4.43 Å². The van der Waals surface area contributed by atoms with Crippen LogP contribution in [0.25, 0.3) is 0 Å². The van der Waals surface area contributed by atoms with Gasteiger partial charge in [-0.2, -0.15) is 0 Å². The van der Waals surface area contributed by atoms with Crippen molar-refractivity contribution < 1.29 is 4.43 Å². The van der Waals surface area contributed by atoms with Gasteiger partial charge in [0, 0.05) is 7.11 Å². The zero-order valence-electron chi connectivity index (χ0n) is 20.9. The zero-order valence-corrected chi connectivity index (χ0v) is 21.9. The molecule has 170 valence electrons. The third kappa shape index (κ3) is 11.9. The molecule has 0 unspecified atom stereocenters. The topological polar surface area (TPSA) is 19.0 Å². The molecule has 0 aliphatic carbocycles. The van der Waals surface area contributed by atoms with Gasteiger partial charge in [-0.1, -0.05) is 13.8 Å². The van der Waals surface area contributed by atoms with E-state index in [0.717, 1.165) is 0 Å². The van der Waals surface area contributed by atoms with Crippen LogP contribution in [0, 0.1) is 5.41 Å². The molecule has 0 aromatic carbocycles. The third-order valence-corrected chi connectivity index (χ3v) is 11.4. The maximum absolute atomic E-state index is 6.17. The molecular formula is C23H53N3OSi. The van der Waals surface area contributed by atoms with E-state index in [9.17, 15) is 0 Å². The number of nitrogens with zero attached hydrogens (tertiary/aromatic N) is 3. The molecule has 0 aromatic rings. The molecule has 0 atom stereocenters. The maximum atomic E-state index is 6.17. The van der Waals surface area contributed by atoms with E-state index < -0.39 is 8.32 Å². The largest absolute Gasteiger partial charge is 0.420 e. The van der Waals surface area contributed by atoms with Crippen molar-refractivity contribution in [1.29, 1.82) is 0 Å². The molecule has 0 saturated heterocycles. The van der Waals surface area contributed by atoms with Gasteiger partial charge in [-0.15, -0.1) is 0 Å². The van der Waals surface area contributed by atoms with Crippen LogP contribution in [0.15, 0.2) is 0 Å². The lowest BCUT2D eigenvalue weighted by Crippen LogP contribution is -2.38. The first kappa shape index (κ1) is 28.1. The highest BCUT2D eigenvalue weighted by Gasteiger charge is 2.36. The molecule has 0 saturated carbocycles. The Balaban J connectivity index is 5.30. The average Bonchev–Trinajstić information content (AvgIpc) is 2.62. The Hall–Kier alpha value is 0.0569. The SMILES string of the molecule is CC[Si](CC)(CCC(CCCN(C)C)(CCCN(C)C)CCCN(C)C)OC. The molecule has 0 aromatic heterocycles. The van der Waals surface area contributed by atoms with Crippen molar-refractivity contribution in [2.45, 2.75) is 76.9 Å². The van der Waals surface area contributed by atoms with Crippen LogP contribution < -0.4 is 0 Å². The predicted molar refractivity (Wildman–Crippen MR) is 129 cm³/mol. The molecule has 0 aliphatic heterocycles. The molecule has 4 nitrogen and oxygen atoms in total. The minimum atomic E-state index is -1.54. The van der Waals surface area contributed by atoms with Crippen molar-refractivity contribution in [1.82, 2.24) is 14.7 Å². The van der Waals surface area contributed by atoms with Crippen molar-refractivity contribution in [3.05, 3.63) is 0 Å². The summed E-state index contributed by atoms with van der Waals surface area (Å²) in [5, 5.41) is 0. The molecule has 0 N–H and O–H groups in total. The molecule has 0 bridgehead atoms. The molecule has 0 heterocycles. The zero-order chi connectivity index (χ0) is 21.6. The van der Waals surface area contributed by atoms with E-state index in [1.807, 2.05) is 7.11 Å². The van der Waals surface area contributed by atoms with Crippen molar-refractivity contribution in [3.8, 4) is 0 Å². The van der Waals surface area contributed by atoms with E-state index >= 15 is 0 Å². The normalized spacial score (nSPS) is 13.3. The van der Waals surface area contributed by atoms with Gasteiger partial charge >= 0.3 is 0 Å². The lowest BCUT2D eigenvalue weighted by molar-refractivity contribution is 0.169. The first-order valence-corrected chi connectivity index (χ1v) is 14.2. The van der Waals surface area contributed by atoms with E-state index in [1.54, 1.807) is 0 Å². The second-order valence-corrected chi connectivity index (χ2v) is 14.5. The summed E-state index contributed by atoms with van der Waals surface area (Å²) in [6.07, 6.45) is 9.42. The summed E-state index contributed by atoms with van der Waals surface area (Å²) in [7, 11) is 13.7. The van der Waals surface area contributed by atoms with Crippen molar-refractivity contribution in [3.63, 3.8) is 0 Å². The molecular weight excluding hydrogens is 362 g/mol. The van der Waals surface area contributed by atoms with Crippen LogP contribution in [0.5, 0.6) is 0 Å². The van der Waals surface area contributed by atoms with Gasteiger partial charge in [-0.05, 0) is 130 Å². The lowest BCUT2D eigenvalue weighted by atomic mass is 9.73. The van der Waals surface area contributed by atoms with Crippen molar-refractivity contribution >= 4 is 8.32 Å². The molecule has 0 spiro atoms. The summed E-state index contributed by atoms with van der Waals surface area (Å²) in [5.74, 6) is 0. The predicted octanol–water partition coefficient (Wildman–Crippen LogP) is 5.02. The highest BCUT2D eigenvalue weighted by Crippen LogP contribution is 2.42. The van der Waals surface area contributed by atoms with Crippen LogP contribution in [-0.4, -0.2) is 92.0 Å². The summed E-state index contributed by atoms with van der Waals surface area (Å²) < 4.78 is 6.17. The minimum absolute atomic E-state index is 0.489. The van der Waals surface area contributed by atoms with Gasteiger partial charge in [0.2, 0.25) is 0 Å². The van der Waals surface area contributed by atoms with Gasteiger partial charge in [0.25, 0.3) is 0 Å². The Labute approximate surface area is 179 Å². The fraction of sp³-hybridized carbons (Fsp3) is 1.00. The Morgan fingerprint density at radius 3 is 1.25 bits per heavy atom. The van der Waals surface area contributed by atoms with Crippen LogP contribution >= 0.6 is 0 Å². The summed E-state index contributed by atoms with van der Waals surface area (Å²) in [6, 6.07) is 3.84. The minimum Gasteiger partial charge on any atom is -0.420 e. The van der Waals surface area contributed by atoms with Gasteiger partial charge in [0.05, 0.1) is 0 Å². The monoisotopic (exact) mass is 415 g/mol. The fourth-order valence-electron chi connectivity index (χ4n) is 4.55. The standard InChI is InChI=1S/C23H53N3OSi/c1-10-28(11-2,27-9)22-18-23(15-12-19-24(3)4,16-13-20-25(5)6)17-14-21-26(7)8/h10-22H2,1-9H3. The molecule has 5 heteroatoms. The van der Waals surface area contributed by atoms with Crippen LogP contribution in [0.2, 0.25) is 18.1 Å². The van der Waals surface area contributed by atoms with Crippen molar-refractivity contribution in [2.24, 2.45) is 5.41 Å². The molecule has 0 amide bonds. The van der Waals surface area contributed by atoms with E-state index in [0.29, 0.717) is 5.41 Å². The summed E-state index contributed by atoms with van der Waals surface area (Å²) >= 11 is 0. The van der Waals surface area contributed by atoms with Crippen molar-refractivity contribution in [2.75, 3.05) is 69.0 Å². The van der Waals surface area contributed by atoms with Crippen LogP contribution in [0.4, 0.5) is 0 Å². The Morgan fingerprint density at radius 1 is 0.643 bits per heavy atom. The average molecular weight is 416 g/mol. The van der Waals surface area contributed by atoms with Gasteiger partial charge in [0.1, 0.15) is 0 Å². The maximum Gasteiger partial charge on any atom is 0.191 e. The summed E-state index contributed by atoms with van der Waals surface area (Å²) in [4.78, 5) is 7.03. The second kappa shape index (κ2) is 14.9. The first-order chi connectivity index (χ1) is 13.1. The Morgan fingerprint density at radius 2 is 1.00 bits per heavy atom. The lowest BCUT2D eigenvalue weighted by Gasteiger charge is -2.39. The quantitative estimate of drug-likeness (QED) is 0.293. The first-order valence-electron chi connectivity index (χ1n) is 11.6. The molecule has 0 fully saturated rings. The second-order valence-electron chi connectivity index (χ2n) is 9.81. The summed E-state index contributed by atoms with van der Waals surface area (Å²) in [6.45, 7) is 8.32. The van der Waals surface area contributed by atoms with Crippen LogP contribution in [0.1, 0.15) is 58.8 Å². The van der Waals surface area contributed by atoms with Crippen LogP contribution in [0.3, 0.4) is 0 Å². The Bertz CT molecular complexity index is 327. The molecule has 0 rings (SSSR count). The molecule has 0 radical (unpaired) electrons. The van der Waals surface area contributed by atoms with Gasteiger partial charge in [-0.25, -0.2) is 0 Å². The molecule has 28 heavy (non-hydrogen) atoms. The smallest absolute Gasteiger partial charge is 0.191 e. The van der Waals surface area contributed by atoms with E-state index in [-0.39, 0.29) is 0 Å². The highest BCUT2D eigenvalue weighted by atomic mass is 28.4. The van der Waals surface area contributed by atoms with E-state index in [1.165, 1.54) is 82.7 Å². The Kier molecular flexibility index (Phi) is 15.0. The molecule has 0 aliphatic rings. The number of hydrogen-bond donors (Lipinski definition) is 0. The van der Waals surface area contributed by atoms with E-state index in [2.05, 4.69) is 70.8 Å². The van der Waals surface area contributed by atoms with Gasteiger partial charge < -0.3 is 19.1 Å². The van der Waals surface area contributed by atoms with Gasteiger partial charge in [0.15, 0.2) is 8.32 Å². The number of rotatable bonds is 18. The number of hydrogen-bond acceptors (Lipinski definition) is 4. The van der Waals surface area contributed by atoms with Crippen LogP contribution in [-0.2, 0) is 4.43 Å². The fourth-order valence-corrected chi connectivity index (χ4v) is 7.52. The third-order valence-electron chi connectivity index (χ3n) is 6.77.